The summed E-state index contributed by atoms with van der Waals surface area (Å²) in [6, 6.07) is 8.59. The Balaban J connectivity index is 1.56. The van der Waals surface area contributed by atoms with Gasteiger partial charge in [0.05, 0.1) is 42.5 Å². The first-order valence-corrected chi connectivity index (χ1v) is 11.0. The fourth-order valence-corrected chi connectivity index (χ4v) is 6.97. The number of esters is 1. The van der Waals surface area contributed by atoms with Gasteiger partial charge in [-0.25, -0.2) is 4.79 Å². The second kappa shape index (κ2) is 6.96. The van der Waals surface area contributed by atoms with E-state index in [1.165, 1.54) is 7.11 Å². The number of carbonyl (C=O) groups is 1. The van der Waals surface area contributed by atoms with Crippen LogP contribution in [0.4, 0.5) is 0 Å². The molecule has 176 valence electrons. The first-order chi connectivity index (χ1) is 15.1. The standard InChI is InChI=1S/C23H30O9/c1-19-13-31-23(29-2)18(26)20(10-16(32-23)21(19,27)12-24)15(8-9-22(19,20)28)11-30-17(25)14-6-4-3-5-7-14/h3-7,15-16,18,24,26-28H,8-13H2,1-2H3/t15-,16?,18+,19-,20?,21-,22-,23+/m0/s1. The highest BCUT2D eigenvalue weighted by Gasteiger charge is 2.86. The molecule has 0 amide bonds. The predicted molar refractivity (Wildman–Crippen MR) is 108 cm³/mol. The van der Waals surface area contributed by atoms with Gasteiger partial charge in [-0.15, -0.1) is 0 Å². The molecular formula is C23H30O9. The summed E-state index contributed by atoms with van der Waals surface area (Å²) in [5, 5.41) is 45.5. The number of aliphatic hydroxyl groups is 4. The van der Waals surface area contributed by atoms with E-state index in [9.17, 15) is 25.2 Å². The van der Waals surface area contributed by atoms with Crippen molar-refractivity contribution < 1.29 is 44.2 Å². The van der Waals surface area contributed by atoms with Gasteiger partial charge in [-0.2, -0.15) is 0 Å². The molecule has 5 fully saturated rings. The van der Waals surface area contributed by atoms with E-state index in [4.69, 9.17) is 18.9 Å². The monoisotopic (exact) mass is 450 g/mol. The number of methoxy groups -OCH3 is 1. The lowest BCUT2D eigenvalue weighted by atomic mass is 9.44. The largest absolute Gasteiger partial charge is 0.462 e. The van der Waals surface area contributed by atoms with Crippen LogP contribution >= 0.6 is 0 Å². The number of rotatable bonds is 5. The van der Waals surface area contributed by atoms with Crippen LogP contribution in [0.3, 0.4) is 0 Å². The Morgan fingerprint density at radius 2 is 1.97 bits per heavy atom. The average Bonchev–Trinajstić information content (AvgIpc) is 3.05. The molecule has 1 aromatic rings. The van der Waals surface area contributed by atoms with Crippen molar-refractivity contribution in [3.63, 3.8) is 0 Å². The van der Waals surface area contributed by atoms with Gasteiger partial charge in [0.25, 0.3) is 0 Å². The van der Waals surface area contributed by atoms with Crippen molar-refractivity contribution in [1.29, 1.82) is 0 Å². The summed E-state index contributed by atoms with van der Waals surface area (Å²) >= 11 is 0. The van der Waals surface area contributed by atoms with Crippen LogP contribution in [0.15, 0.2) is 30.3 Å². The highest BCUT2D eigenvalue weighted by Crippen LogP contribution is 2.73. The summed E-state index contributed by atoms with van der Waals surface area (Å²) in [5.41, 5.74) is -5.64. The summed E-state index contributed by atoms with van der Waals surface area (Å²) in [4.78, 5) is 12.6. The predicted octanol–water partition coefficient (Wildman–Crippen LogP) is 0.194. The third-order valence-corrected chi connectivity index (χ3v) is 8.92. The van der Waals surface area contributed by atoms with Gasteiger partial charge in [0.1, 0.15) is 11.7 Å². The van der Waals surface area contributed by atoms with E-state index in [-0.39, 0.29) is 26.1 Å². The van der Waals surface area contributed by atoms with Gasteiger partial charge >= 0.3 is 11.9 Å². The van der Waals surface area contributed by atoms with Crippen LogP contribution in [0.25, 0.3) is 0 Å². The van der Waals surface area contributed by atoms with Gasteiger partial charge in [0.2, 0.25) is 0 Å². The molecule has 4 N–H and O–H groups in total. The molecule has 2 aliphatic carbocycles. The number of aliphatic hydroxyl groups excluding tert-OH is 2. The molecule has 8 atom stereocenters. The molecule has 9 nitrogen and oxygen atoms in total. The number of hydrogen-bond acceptors (Lipinski definition) is 9. The first-order valence-electron chi connectivity index (χ1n) is 11.0. The van der Waals surface area contributed by atoms with E-state index in [0.29, 0.717) is 12.0 Å². The normalized spacial score (nSPS) is 49.0. The zero-order valence-corrected chi connectivity index (χ0v) is 18.2. The van der Waals surface area contributed by atoms with Crippen molar-refractivity contribution in [3.8, 4) is 0 Å². The topological polar surface area (TPSA) is 135 Å². The highest BCUT2D eigenvalue weighted by atomic mass is 16.9. The summed E-state index contributed by atoms with van der Waals surface area (Å²) in [7, 11) is 1.32. The van der Waals surface area contributed by atoms with Crippen molar-refractivity contribution in [2.45, 2.75) is 55.6 Å². The van der Waals surface area contributed by atoms with Crippen LogP contribution in [-0.2, 0) is 18.9 Å². The maximum Gasteiger partial charge on any atom is 0.338 e. The molecule has 0 aromatic heterocycles. The third kappa shape index (κ3) is 2.34. The third-order valence-electron chi connectivity index (χ3n) is 8.92. The Morgan fingerprint density at radius 3 is 2.62 bits per heavy atom. The summed E-state index contributed by atoms with van der Waals surface area (Å²) < 4.78 is 22.9. The quantitative estimate of drug-likeness (QED) is 0.464. The molecule has 0 radical (unpaired) electrons. The summed E-state index contributed by atoms with van der Waals surface area (Å²) in [6.45, 7) is 0.766. The fraction of sp³-hybridized carbons (Fsp3) is 0.696. The van der Waals surface area contributed by atoms with E-state index in [1.807, 2.05) is 0 Å². The van der Waals surface area contributed by atoms with Gasteiger partial charge in [-0.3, -0.25) is 0 Å². The van der Waals surface area contributed by atoms with Crippen molar-refractivity contribution >= 4 is 5.97 Å². The smallest absolute Gasteiger partial charge is 0.338 e. The zero-order valence-electron chi connectivity index (χ0n) is 18.2. The molecule has 5 aliphatic rings. The van der Waals surface area contributed by atoms with Crippen molar-refractivity contribution in [1.82, 2.24) is 0 Å². The van der Waals surface area contributed by atoms with Crippen LogP contribution < -0.4 is 0 Å². The van der Waals surface area contributed by atoms with Crippen LogP contribution in [0.5, 0.6) is 0 Å². The maximum atomic E-state index is 12.6. The summed E-state index contributed by atoms with van der Waals surface area (Å²) in [5.74, 6) is -2.86. The van der Waals surface area contributed by atoms with E-state index in [0.717, 1.165) is 0 Å². The van der Waals surface area contributed by atoms with Crippen LogP contribution in [-0.4, -0.2) is 82.7 Å². The molecule has 3 saturated heterocycles. The van der Waals surface area contributed by atoms with Gasteiger partial charge in [0, 0.05) is 18.4 Å². The minimum absolute atomic E-state index is 0.0345. The lowest BCUT2D eigenvalue weighted by Gasteiger charge is -2.67. The second-order valence-corrected chi connectivity index (χ2v) is 9.82. The number of hydrogen-bond donors (Lipinski definition) is 4. The van der Waals surface area contributed by atoms with Crippen molar-refractivity contribution in [2.75, 3.05) is 26.9 Å². The van der Waals surface area contributed by atoms with E-state index in [2.05, 4.69) is 0 Å². The Bertz CT molecular complexity index is 910. The fourth-order valence-electron chi connectivity index (χ4n) is 6.97. The number of carbonyl (C=O) groups excluding carboxylic acids is 1. The molecule has 4 bridgehead atoms. The van der Waals surface area contributed by atoms with Gasteiger partial charge < -0.3 is 39.4 Å². The van der Waals surface area contributed by atoms with Gasteiger partial charge in [0.15, 0.2) is 0 Å². The molecule has 1 aromatic carbocycles. The second-order valence-electron chi connectivity index (χ2n) is 9.82. The Kier molecular flexibility index (Phi) is 4.83. The Hall–Kier alpha value is -1.59. The zero-order chi connectivity index (χ0) is 23.0. The number of fused-ring (bicyclic) bond motifs is 1. The van der Waals surface area contributed by atoms with Crippen LogP contribution in [0.2, 0.25) is 0 Å². The molecule has 6 rings (SSSR count). The SMILES string of the molecule is CO[C@]12OC[C@]3(C)[C@@]4(O)CC[C@@H](COC(=O)c5ccccc5)C4(CC(O1)[C@@]3(O)CO)[C@H]2O. The average molecular weight is 450 g/mol. The Morgan fingerprint density at radius 1 is 1.25 bits per heavy atom. The Labute approximate surface area is 185 Å². The van der Waals surface area contributed by atoms with E-state index in [1.54, 1.807) is 37.3 Å². The van der Waals surface area contributed by atoms with Crippen molar-refractivity contribution in [2.24, 2.45) is 16.7 Å². The highest BCUT2D eigenvalue weighted by molar-refractivity contribution is 5.89. The molecule has 3 heterocycles. The van der Waals surface area contributed by atoms with E-state index < -0.39 is 58.7 Å². The lowest BCUT2D eigenvalue weighted by molar-refractivity contribution is -0.466. The molecule has 9 heteroatoms. The van der Waals surface area contributed by atoms with Crippen LogP contribution in [0, 0.1) is 16.7 Å². The molecule has 32 heavy (non-hydrogen) atoms. The minimum Gasteiger partial charge on any atom is -0.462 e. The van der Waals surface area contributed by atoms with Gasteiger partial charge in [-0.1, -0.05) is 25.1 Å². The minimum atomic E-state index is -1.92. The lowest BCUT2D eigenvalue weighted by Crippen LogP contribution is -2.82. The summed E-state index contributed by atoms with van der Waals surface area (Å²) in [6.07, 6.45) is -1.64. The van der Waals surface area contributed by atoms with Crippen molar-refractivity contribution in [3.05, 3.63) is 35.9 Å². The molecule has 2 unspecified atom stereocenters. The number of ether oxygens (including phenoxy) is 4. The maximum absolute atomic E-state index is 12.6. The molecule has 2 saturated carbocycles. The number of benzene rings is 1. The molecule has 3 aliphatic heterocycles. The molecule has 1 spiro atoms. The van der Waals surface area contributed by atoms with E-state index >= 15 is 0 Å². The van der Waals surface area contributed by atoms with Gasteiger partial charge in [-0.05, 0) is 31.4 Å². The first kappa shape index (κ1) is 22.2. The van der Waals surface area contributed by atoms with Crippen LogP contribution in [0.1, 0.15) is 36.5 Å². The molecular weight excluding hydrogens is 420 g/mol.